The second-order valence-corrected chi connectivity index (χ2v) is 4.24. The van der Waals surface area contributed by atoms with Gasteiger partial charge in [-0.25, -0.2) is 4.98 Å². The number of esters is 1. The molecular weight excluding hydrogens is 206 g/mol. The van der Waals surface area contributed by atoms with Gasteiger partial charge in [-0.3, -0.25) is 4.79 Å². The molecule has 0 saturated heterocycles. The van der Waals surface area contributed by atoms with Gasteiger partial charge in [0.15, 0.2) is 0 Å². The second kappa shape index (κ2) is 5.12. The summed E-state index contributed by atoms with van der Waals surface area (Å²) in [6.07, 6.45) is 1.64. The van der Waals surface area contributed by atoms with E-state index in [-0.39, 0.29) is 17.9 Å². The summed E-state index contributed by atoms with van der Waals surface area (Å²) in [5.74, 6) is 0.382. The molecule has 0 fully saturated rings. The Morgan fingerprint density at radius 1 is 1.50 bits per heavy atom. The van der Waals surface area contributed by atoms with Crippen LogP contribution in [0.5, 0.6) is 0 Å². The number of aromatic nitrogens is 2. The summed E-state index contributed by atoms with van der Waals surface area (Å²) in [6, 6.07) is -0.140. The number of nitrogens with two attached hydrogens (primary N) is 1. The molecule has 5 nitrogen and oxygen atoms in total. The highest BCUT2D eigenvalue weighted by molar-refractivity contribution is 5.76. The average molecular weight is 225 g/mol. The van der Waals surface area contributed by atoms with E-state index in [1.807, 2.05) is 13.8 Å². The number of nitrogens with zero attached hydrogens (tertiary/aromatic N) is 1. The third-order valence-electron chi connectivity index (χ3n) is 2.67. The van der Waals surface area contributed by atoms with Gasteiger partial charge in [-0.15, -0.1) is 0 Å². The van der Waals surface area contributed by atoms with Gasteiger partial charge in [0, 0.05) is 11.9 Å². The fraction of sp³-hybridized carbons (Fsp3) is 0.636. The molecule has 0 aromatic carbocycles. The highest BCUT2D eigenvalue weighted by atomic mass is 16.5. The lowest BCUT2D eigenvalue weighted by molar-refractivity contribution is -0.142. The van der Waals surface area contributed by atoms with E-state index in [0.29, 0.717) is 11.7 Å². The van der Waals surface area contributed by atoms with Crippen molar-refractivity contribution in [1.29, 1.82) is 0 Å². The molecule has 0 spiro atoms. The molecule has 0 aliphatic rings. The first-order chi connectivity index (χ1) is 7.47. The fourth-order valence-corrected chi connectivity index (χ4v) is 1.36. The monoisotopic (exact) mass is 225 g/mol. The molecule has 0 saturated carbocycles. The molecule has 0 bridgehead atoms. The number of rotatable bonds is 4. The van der Waals surface area contributed by atoms with Gasteiger partial charge in [0.2, 0.25) is 0 Å². The van der Waals surface area contributed by atoms with Crippen LogP contribution in [0.15, 0.2) is 6.20 Å². The Labute approximate surface area is 95.4 Å². The van der Waals surface area contributed by atoms with E-state index in [1.165, 1.54) is 7.11 Å². The Bertz CT molecular complexity index is 360. The van der Waals surface area contributed by atoms with Crippen molar-refractivity contribution in [3.63, 3.8) is 0 Å². The van der Waals surface area contributed by atoms with Crippen LogP contribution in [0.1, 0.15) is 44.2 Å². The smallest absolute Gasteiger partial charge is 0.314 e. The van der Waals surface area contributed by atoms with Crippen molar-refractivity contribution in [2.75, 3.05) is 7.11 Å². The molecule has 1 aromatic rings. The fourth-order valence-electron chi connectivity index (χ4n) is 1.36. The molecule has 90 valence electrons. The van der Waals surface area contributed by atoms with E-state index in [1.54, 1.807) is 13.1 Å². The van der Waals surface area contributed by atoms with Crippen LogP contribution in [-0.4, -0.2) is 23.0 Å². The predicted molar refractivity (Wildman–Crippen MR) is 60.8 cm³/mol. The van der Waals surface area contributed by atoms with Crippen LogP contribution in [0, 0.1) is 5.92 Å². The Morgan fingerprint density at radius 2 is 2.12 bits per heavy atom. The van der Waals surface area contributed by atoms with Gasteiger partial charge in [-0.05, 0) is 12.8 Å². The topological polar surface area (TPSA) is 81.0 Å². The first-order valence-electron chi connectivity index (χ1n) is 5.35. The van der Waals surface area contributed by atoms with Gasteiger partial charge in [-0.1, -0.05) is 13.8 Å². The Morgan fingerprint density at radius 3 is 2.62 bits per heavy atom. The zero-order chi connectivity index (χ0) is 12.3. The van der Waals surface area contributed by atoms with Gasteiger partial charge in [0.25, 0.3) is 0 Å². The van der Waals surface area contributed by atoms with Crippen LogP contribution in [-0.2, 0) is 9.53 Å². The lowest BCUT2D eigenvalue weighted by Crippen LogP contribution is -2.18. The summed E-state index contributed by atoms with van der Waals surface area (Å²) in [4.78, 5) is 18.6. The molecule has 0 amide bonds. The first kappa shape index (κ1) is 12.7. The molecule has 1 aromatic heterocycles. The molecule has 16 heavy (non-hydrogen) atoms. The maximum Gasteiger partial charge on any atom is 0.314 e. The SMILES string of the molecule is COC(=O)C(C)c1cnc([C@@H](N)C(C)C)[nH]1. The summed E-state index contributed by atoms with van der Waals surface area (Å²) in [5.41, 5.74) is 6.68. The third kappa shape index (κ3) is 2.61. The molecule has 1 heterocycles. The van der Waals surface area contributed by atoms with Crippen LogP contribution in [0.4, 0.5) is 0 Å². The Balaban J connectivity index is 2.82. The normalized spacial score (nSPS) is 14.9. The first-order valence-corrected chi connectivity index (χ1v) is 5.35. The number of aromatic amines is 1. The molecule has 1 rings (SSSR count). The summed E-state index contributed by atoms with van der Waals surface area (Å²) < 4.78 is 4.67. The zero-order valence-corrected chi connectivity index (χ0v) is 10.2. The largest absolute Gasteiger partial charge is 0.469 e. The van der Waals surface area contributed by atoms with Crippen molar-refractivity contribution < 1.29 is 9.53 Å². The molecule has 1 unspecified atom stereocenters. The van der Waals surface area contributed by atoms with Gasteiger partial charge < -0.3 is 15.5 Å². The number of hydrogen-bond donors (Lipinski definition) is 2. The highest BCUT2D eigenvalue weighted by Crippen LogP contribution is 2.19. The molecule has 3 N–H and O–H groups in total. The zero-order valence-electron chi connectivity index (χ0n) is 10.2. The van der Waals surface area contributed by atoms with Gasteiger partial charge in [0.1, 0.15) is 5.82 Å². The van der Waals surface area contributed by atoms with E-state index in [2.05, 4.69) is 14.7 Å². The maximum absolute atomic E-state index is 11.3. The van der Waals surface area contributed by atoms with Crippen LogP contribution in [0.2, 0.25) is 0 Å². The van der Waals surface area contributed by atoms with Gasteiger partial charge in [0.05, 0.1) is 19.1 Å². The standard InChI is InChI=1S/C11H19N3O2/c1-6(2)9(12)10-13-5-8(14-10)7(3)11(15)16-4/h5-7,9H,12H2,1-4H3,(H,13,14)/t7?,9-/m0/s1. The molecular formula is C11H19N3O2. The van der Waals surface area contributed by atoms with E-state index < -0.39 is 0 Å². The maximum atomic E-state index is 11.3. The molecule has 0 aliphatic heterocycles. The van der Waals surface area contributed by atoms with Crippen molar-refractivity contribution in [3.05, 3.63) is 17.7 Å². The number of carbonyl (C=O) groups excluding carboxylic acids is 1. The minimum Gasteiger partial charge on any atom is -0.469 e. The van der Waals surface area contributed by atoms with Crippen LogP contribution < -0.4 is 5.73 Å². The van der Waals surface area contributed by atoms with E-state index in [9.17, 15) is 4.79 Å². The van der Waals surface area contributed by atoms with Gasteiger partial charge >= 0.3 is 5.97 Å². The number of ether oxygens (including phenoxy) is 1. The number of H-pyrrole nitrogens is 1. The van der Waals surface area contributed by atoms with Crippen LogP contribution in [0.3, 0.4) is 0 Å². The quantitative estimate of drug-likeness (QED) is 0.758. The lowest BCUT2D eigenvalue weighted by Gasteiger charge is -2.12. The van der Waals surface area contributed by atoms with Crippen LogP contribution >= 0.6 is 0 Å². The Kier molecular flexibility index (Phi) is 4.06. The number of imidazole rings is 1. The minimum atomic E-state index is -0.342. The summed E-state index contributed by atoms with van der Waals surface area (Å²) >= 11 is 0. The van der Waals surface area contributed by atoms with Crippen molar-refractivity contribution in [1.82, 2.24) is 9.97 Å². The van der Waals surface area contributed by atoms with Crippen molar-refractivity contribution >= 4 is 5.97 Å². The number of nitrogens with one attached hydrogen (secondary N) is 1. The van der Waals surface area contributed by atoms with Gasteiger partial charge in [-0.2, -0.15) is 0 Å². The summed E-state index contributed by atoms with van der Waals surface area (Å²) in [6.45, 7) is 5.82. The molecule has 5 heteroatoms. The van der Waals surface area contributed by atoms with E-state index >= 15 is 0 Å². The van der Waals surface area contributed by atoms with Crippen molar-refractivity contribution in [2.24, 2.45) is 11.7 Å². The third-order valence-corrected chi connectivity index (χ3v) is 2.67. The van der Waals surface area contributed by atoms with Crippen molar-refractivity contribution in [2.45, 2.75) is 32.7 Å². The van der Waals surface area contributed by atoms with Crippen molar-refractivity contribution in [3.8, 4) is 0 Å². The van der Waals surface area contributed by atoms with E-state index in [4.69, 9.17) is 5.73 Å². The predicted octanol–water partition coefficient (Wildman–Crippen LogP) is 1.34. The summed E-state index contributed by atoms with van der Waals surface area (Å²) in [5, 5.41) is 0. The van der Waals surface area contributed by atoms with Crippen LogP contribution in [0.25, 0.3) is 0 Å². The lowest BCUT2D eigenvalue weighted by atomic mass is 10.1. The molecule has 0 aliphatic carbocycles. The highest BCUT2D eigenvalue weighted by Gasteiger charge is 2.20. The average Bonchev–Trinajstić information content (AvgIpc) is 2.74. The second-order valence-electron chi connectivity index (χ2n) is 4.24. The number of methoxy groups -OCH3 is 1. The molecule has 2 atom stereocenters. The number of carbonyl (C=O) groups is 1. The summed E-state index contributed by atoms with van der Waals surface area (Å²) in [7, 11) is 1.37. The van der Waals surface area contributed by atoms with E-state index in [0.717, 1.165) is 5.69 Å². The molecule has 0 radical (unpaired) electrons. The minimum absolute atomic E-state index is 0.140. The number of hydrogen-bond acceptors (Lipinski definition) is 4. The Hall–Kier alpha value is -1.36.